The number of nitrogens with one attached hydrogen (secondary N) is 1. The van der Waals surface area contributed by atoms with E-state index < -0.39 is 6.04 Å². The molecule has 7 heteroatoms. The molecule has 2 rings (SSSR count). The van der Waals surface area contributed by atoms with Gasteiger partial charge in [0.25, 0.3) is 0 Å². The van der Waals surface area contributed by atoms with Crippen LogP contribution in [0.1, 0.15) is 12.6 Å². The molecule has 0 saturated heterocycles. The van der Waals surface area contributed by atoms with Gasteiger partial charge in [-0.3, -0.25) is 4.79 Å². The lowest BCUT2D eigenvalue weighted by Crippen LogP contribution is -2.39. The highest BCUT2D eigenvalue weighted by Gasteiger charge is 2.09. The summed E-state index contributed by atoms with van der Waals surface area (Å²) in [6, 6.07) is 5.37. The SMILES string of the molecule is C[C@@H](N)C(=O)NCCc1coc(-c2ccc(F)cc2)n1.Cl. The number of oxazole rings is 1. The van der Waals surface area contributed by atoms with Gasteiger partial charge in [0.2, 0.25) is 11.8 Å². The van der Waals surface area contributed by atoms with Crippen LogP contribution in [0.5, 0.6) is 0 Å². The van der Waals surface area contributed by atoms with E-state index in [9.17, 15) is 9.18 Å². The van der Waals surface area contributed by atoms with Gasteiger partial charge < -0.3 is 15.5 Å². The Labute approximate surface area is 128 Å². The lowest BCUT2D eigenvalue weighted by Gasteiger charge is -2.05. The number of rotatable bonds is 5. The predicted molar refractivity (Wildman–Crippen MR) is 79.5 cm³/mol. The second kappa shape index (κ2) is 7.75. The van der Waals surface area contributed by atoms with Crippen LogP contribution in [0.25, 0.3) is 11.5 Å². The fourth-order valence-corrected chi connectivity index (χ4v) is 1.62. The third kappa shape index (κ3) is 4.84. The quantitative estimate of drug-likeness (QED) is 0.883. The molecule has 0 saturated carbocycles. The lowest BCUT2D eigenvalue weighted by molar-refractivity contribution is -0.121. The van der Waals surface area contributed by atoms with E-state index in [0.29, 0.717) is 30.1 Å². The van der Waals surface area contributed by atoms with Crippen LogP contribution >= 0.6 is 12.4 Å². The number of hydrogen-bond donors (Lipinski definition) is 2. The van der Waals surface area contributed by atoms with Crippen LogP contribution in [-0.4, -0.2) is 23.5 Å². The van der Waals surface area contributed by atoms with Crippen LogP contribution in [0.15, 0.2) is 34.9 Å². The Bertz CT molecular complexity index is 584. The van der Waals surface area contributed by atoms with Gasteiger partial charge in [0.05, 0.1) is 11.7 Å². The molecule has 1 heterocycles. The maximum Gasteiger partial charge on any atom is 0.236 e. The van der Waals surface area contributed by atoms with E-state index in [1.807, 2.05) is 0 Å². The van der Waals surface area contributed by atoms with Gasteiger partial charge in [-0.15, -0.1) is 12.4 Å². The summed E-state index contributed by atoms with van der Waals surface area (Å²) in [5, 5.41) is 2.69. The van der Waals surface area contributed by atoms with Crippen molar-refractivity contribution in [2.75, 3.05) is 6.54 Å². The minimum absolute atomic E-state index is 0. The highest BCUT2D eigenvalue weighted by Crippen LogP contribution is 2.18. The van der Waals surface area contributed by atoms with Gasteiger partial charge in [-0.25, -0.2) is 9.37 Å². The number of halogens is 2. The number of nitrogens with zero attached hydrogens (tertiary/aromatic N) is 1. The van der Waals surface area contributed by atoms with E-state index in [-0.39, 0.29) is 24.1 Å². The predicted octanol–water partition coefficient (Wildman–Crippen LogP) is 1.91. The maximum atomic E-state index is 12.8. The number of hydrogen-bond acceptors (Lipinski definition) is 4. The number of carbonyl (C=O) groups excluding carboxylic acids is 1. The maximum absolute atomic E-state index is 12.8. The fourth-order valence-electron chi connectivity index (χ4n) is 1.62. The molecule has 0 fully saturated rings. The molecule has 0 radical (unpaired) electrons. The number of carbonyl (C=O) groups is 1. The van der Waals surface area contributed by atoms with E-state index in [0.717, 1.165) is 0 Å². The van der Waals surface area contributed by atoms with Crippen LogP contribution in [-0.2, 0) is 11.2 Å². The molecule has 0 unspecified atom stereocenters. The molecular formula is C14H17ClFN3O2. The van der Waals surface area contributed by atoms with Gasteiger partial charge in [-0.05, 0) is 31.2 Å². The van der Waals surface area contributed by atoms with E-state index in [1.54, 1.807) is 19.1 Å². The molecule has 0 aliphatic heterocycles. The third-order valence-corrected chi connectivity index (χ3v) is 2.74. The smallest absolute Gasteiger partial charge is 0.236 e. The lowest BCUT2D eigenvalue weighted by atomic mass is 10.2. The zero-order chi connectivity index (χ0) is 14.5. The Kier molecular flexibility index (Phi) is 6.33. The van der Waals surface area contributed by atoms with Gasteiger partial charge >= 0.3 is 0 Å². The van der Waals surface area contributed by atoms with Crippen molar-refractivity contribution in [2.45, 2.75) is 19.4 Å². The highest BCUT2D eigenvalue weighted by atomic mass is 35.5. The van der Waals surface area contributed by atoms with Crippen molar-refractivity contribution >= 4 is 18.3 Å². The van der Waals surface area contributed by atoms with E-state index in [1.165, 1.54) is 18.4 Å². The van der Waals surface area contributed by atoms with Crippen LogP contribution < -0.4 is 11.1 Å². The molecule has 0 aliphatic carbocycles. The molecule has 0 bridgehead atoms. The Morgan fingerprint density at radius 3 is 2.71 bits per heavy atom. The Hall–Kier alpha value is -1.92. The van der Waals surface area contributed by atoms with Gasteiger partial charge in [0, 0.05) is 18.5 Å². The van der Waals surface area contributed by atoms with Gasteiger partial charge in [0.15, 0.2) is 0 Å². The van der Waals surface area contributed by atoms with Crippen LogP contribution in [0, 0.1) is 5.82 Å². The second-order valence-electron chi connectivity index (χ2n) is 4.48. The molecule has 21 heavy (non-hydrogen) atoms. The van der Waals surface area contributed by atoms with Crippen molar-refractivity contribution in [3.8, 4) is 11.5 Å². The Balaban J connectivity index is 0.00000220. The summed E-state index contributed by atoms with van der Waals surface area (Å²) >= 11 is 0. The van der Waals surface area contributed by atoms with Crippen molar-refractivity contribution in [3.05, 3.63) is 42.0 Å². The molecule has 5 nitrogen and oxygen atoms in total. The van der Waals surface area contributed by atoms with Crippen molar-refractivity contribution in [2.24, 2.45) is 5.73 Å². The summed E-state index contributed by atoms with van der Waals surface area (Å²) in [7, 11) is 0. The third-order valence-electron chi connectivity index (χ3n) is 2.74. The standard InChI is InChI=1S/C14H16FN3O2.ClH/c1-9(16)13(19)17-7-6-12-8-20-14(18-12)10-2-4-11(15)5-3-10;/h2-5,8-9H,6-7,16H2,1H3,(H,17,19);1H/t9-;/m1./s1. The summed E-state index contributed by atoms with van der Waals surface area (Å²) in [5.74, 6) is -0.0788. The van der Waals surface area contributed by atoms with E-state index in [4.69, 9.17) is 10.2 Å². The molecule has 3 N–H and O–H groups in total. The van der Waals surface area contributed by atoms with Gasteiger partial charge in [-0.2, -0.15) is 0 Å². The summed E-state index contributed by atoms with van der Waals surface area (Å²) in [5.41, 5.74) is 6.85. The van der Waals surface area contributed by atoms with Crippen molar-refractivity contribution in [1.29, 1.82) is 0 Å². The zero-order valence-electron chi connectivity index (χ0n) is 11.5. The monoisotopic (exact) mass is 313 g/mol. The molecule has 2 aromatic rings. The number of benzene rings is 1. The molecular weight excluding hydrogens is 297 g/mol. The largest absolute Gasteiger partial charge is 0.444 e. The van der Waals surface area contributed by atoms with Crippen LogP contribution in [0.2, 0.25) is 0 Å². The number of nitrogens with two attached hydrogens (primary N) is 1. The first-order chi connectivity index (χ1) is 9.56. The first-order valence-electron chi connectivity index (χ1n) is 6.30. The van der Waals surface area contributed by atoms with Crippen molar-refractivity contribution in [3.63, 3.8) is 0 Å². The van der Waals surface area contributed by atoms with Crippen LogP contribution in [0.4, 0.5) is 4.39 Å². The second-order valence-corrected chi connectivity index (χ2v) is 4.48. The Morgan fingerprint density at radius 1 is 1.43 bits per heavy atom. The number of aromatic nitrogens is 1. The minimum atomic E-state index is -0.526. The highest BCUT2D eigenvalue weighted by molar-refractivity contribution is 5.85. The summed E-state index contributed by atoms with van der Waals surface area (Å²) < 4.78 is 18.1. The summed E-state index contributed by atoms with van der Waals surface area (Å²) in [6.45, 7) is 2.06. The molecule has 1 amide bonds. The first-order valence-corrected chi connectivity index (χ1v) is 6.30. The summed E-state index contributed by atoms with van der Waals surface area (Å²) in [4.78, 5) is 15.6. The van der Waals surface area contributed by atoms with Gasteiger partial charge in [-0.1, -0.05) is 0 Å². The zero-order valence-corrected chi connectivity index (χ0v) is 12.3. The molecule has 0 aliphatic rings. The minimum Gasteiger partial charge on any atom is -0.444 e. The average Bonchev–Trinajstić information content (AvgIpc) is 2.88. The van der Waals surface area contributed by atoms with Gasteiger partial charge in [0.1, 0.15) is 12.1 Å². The van der Waals surface area contributed by atoms with Crippen molar-refractivity contribution in [1.82, 2.24) is 10.3 Å². The van der Waals surface area contributed by atoms with E-state index >= 15 is 0 Å². The van der Waals surface area contributed by atoms with Crippen molar-refractivity contribution < 1.29 is 13.6 Å². The Morgan fingerprint density at radius 2 is 2.10 bits per heavy atom. The topological polar surface area (TPSA) is 81.2 Å². The average molecular weight is 314 g/mol. The molecule has 1 aromatic heterocycles. The van der Waals surface area contributed by atoms with Crippen LogP contribution in [0.3, 0.4) is 0 Å². The molecule has 1 aromatic carbocycles. The molecule has 114 valence electrons. The fraction of sp³-hybridized carbons (Fsp3) is 0.286. The molecule has 0 spiro atoms. The summed E-state index contributed by atoms with van der Waals surface area (Å²) in [6.07, 6.45) is 2.07. The number of amides is 1. The first kappa shape index (κ1) is 17.1. The van der Waals surface area contributed by atoms with E-state index in [2.05, 4.69) is 10.3 Å². The molecule has 1 atom stereocenters. The normalized spacial score (nSPS) is 11.6.